The van der Waals surface area contributed by atoms with Crippen LogP contribution in [0.5, 0.6) is 0 Å². The molecule has 0 amide bonds. The van der Waals surface area contributed by atoms with Crippen LogP contribution in [0.1, 0.15) is 13.8 Å². The molecule has 2 N–H and O–H groups in total. The molecule has 0 unspecified atom stereocenters. The van der Waals surface area contributed by atoms with Crippen LogP contribution >= 0.6 is 11.9 Å². The highest BCUT2D eigenvalue weighted by Crippen LogP contribution is 2.13. The Bertz CT molecular complexity index is 168. The van der Waals surface area contributed by atoms with Gasteiger partial charge in [0.25, 0.3) is 0 Å². The third kappa shape index (κ3) is 3.54. The first-order valence-electron chi connectivity index (χ1n) is 3.05. The third-order valence-electron chi connectivity index (χ3n) is 1.21. The van der Waals surface area contributed by atoms with E-state index in [4.69, 9.17) is 5.14 Å². The Labute approximate surface area is 66.8 Å². The lowest BCUT2D eigenvalue weighted by atomic mass is 10.2. The molecule has 0 aliphatic carbocycles. The van der Waals surface area contributed by atoms with Crippen LogP contribution < -0.4 is 5.14 Å². The summed E-state index contributed by atoms with van der Waals surface area (Å²) in [5.41, 5.74) is 1.19. The minimum Gasteiger partial charge on any atom is -0.274 e. The molecule has 0 saturated heterocycles. The van der Waals surface area contributed by atoms with Gasteiger partial charge in [0.1, 0.15) is 0 Å². The molecule has 0 atom stereocenters. The van der Waals surface area contributed by atoms with Crippen LogP contribution in [0.3, 0.4) is 0 Å². The van der Waals surface area contributed by atoms with Crippen molar-refractivity contribution >= 4 is 11.9 Å². The minimum absolute atomic E-state index is 1.14. The van der Waals surface area contributed by atoms with Gasteiger partial charge in [-0.3, -0.25) is 5.14 Å². The fraction of sp³-hybridized carbons (Fsp3) is 0.250. The zero-order chi connectivity index (χ0) is 7.98. The summed E-state index contributed by atoms with van der Waals surface area (Å²) in [6.45, 7) is 7.59. The molecule has 0 aromatic heterocycles. The predicted octanol–water partition coefficient (Wildman–Crippen LogP) is 2.63. The molecular formula is C8H13NS. The van der Waals surface area contributed by atoms with Gasteiger partial charge in [-0.25, -0.2) is 0 Å². The predicted molar refractivity (Wildman–Crippen MR) is 49.5 cm³/mol. The lowest BCUT2D eigenvalue weighted by molar-refractivity contribution is 1.45. The molecule has 0 spiro atoms. The first kappa shape index (κ1) is 9.53. The Hall–Kier alpha value is -0.470. The third-order valence-corrected chi connectivity index (χ3v) is 1.89. The molecule has 56 valence electrons. The molecule has 0 bridgehead atoms. The Morgan fingerprint density at radius 3 is 2.50 bits per heavy atom. The number of rotatable bonds is 3. The van der Waals surface area contributed by atoms with Crippen molar-refractivity contribution in [2.24, 2.45) is 5.14 Å². The maximum absolute atomic E-state index is 5.34. The van der Waals surface area contributed by atoms with Gasteiger partial charge in [0, 0.05) is 0 Å². The van der Waals surface area contributed by atoms with Gasteiger partial charge in [0.05, 0.1) is 0 Å². The maximum atomic E-state index is 5.34. The van der Waals surface area contributed by atoms with Crippen LogP contribution in [-0.2, 0) is 0 Å². The van der Waals surface area contributed by atoms with Crippen molar-refractivity contribution in [2.75, 3.05) is 0 Å². The summed E-state index contributed by atoms with van der Waals surface area (Å²) in [6, 6.07) is 0. The summed E-state index contributed by atoms with van der Waals surface area (Å²) in [6.07, 6.45) is 5.63. The van der Waals surface area contributed by atoms with Gasteiger partial charge in [0.15, 0.2) is 0 Å². The van der Waals surface area contributed by atoms with Gasteiger partial charge in [-0.1, -0.05) is 36.8 Å². The molecular weight excluding hydrogens is 142 g/mol. The largest absolute Gasteiger partial charge is 0.274 e. The first-order valence-corrected chi connectivity index (χ1v) is 3.93. The van der Waals surface area contributed by atoms with Crippen molar-refractivity contribution in [3.05, 3.63) is 35.3 Å². The molecule has 0 aliphatic rings. The Balaban J connectivity index is 4.17. The maximum Gasteiger partial charge on any atom is -0.0000805 e. The highest BCUT2D eigenvalue weighted by atomic mass is 32.2. The molecule has 1 nitrogen and oxygen atoms in total. The summed E-state index contributed by atoms with van der Waals surface area (Å²) in [7, 11) is 0. The molecule has 2 heteroatoms. The van der Waals surface area contributed by atoms with E-state index in [2.05, 4.69) is 6.58 Å². The Kier molecular flexibility index (Phi) is 5.08. The van der Waals surface area contributed by atoms with Crippen molar-refractivity contribution in [3.8, 4) is 0 Å². The number of hydrogen-bond acceptors (Lipinski definition) is 2. The summed E-state index contributed by atoms with van der Waals surface area (Å²) < 4.78 is 0. The highest BCUT2D eigenvalue weighted by molar-refractivity contribution is 8.00. The normalized spacial score (nSPS) is 13.5. The van der Waals surface area contributed by atoms with E-state index < -0.39 is 0 Å². The van der Waals surface area contributed by atoms with E-state index in [-0.39, 0.29) is 0 Å². The SMILES string of the molecule is C=C/C=C\C(C)=C(/C)SN. The lowest BCUT2D eigenvalue weighted by Gasteiger charge is -1.96. The van der Waals surface area contributed by atoms with E-state index in [1.54, 1.807) is 6.08 Å². The van der Waals surface area contributed by atoms with Gasteiger partial charge in [-0.2, -0.15) is 0 Å². The molecule has 0 fully saturated rings. The molecule has 0 saturated carbocycles. The van der Waals surface area contributed by atoms with E-state index >= 15 is 0 Å². The van der Waals surface area contributed by atoms with Gasteiger partial charge in [-0.05, 0) is 24.3 Å². The topological polar surface area (TPSA) is 26.0 Å². The number of hydrogen-bond donors (Lipinski definition) is 1. The average molecular weight is 155 g/mol. The molecule has 0 aromatic rings. The van der Waals surface area contributed by atoms with Crippen molar-refractivity contribution in [1.82, 2.24) is 0 Å². The molecule has 0 aromatic carbocycles. The Morgan fingerprint density at radius 2 is 2.10 bits per heavy atom. The summed E-state index contributed by atoms with van der Waals surface area (Å²) in [4.78, 5) is 1.14. The van der Waals surface area contributed by atoms with E-state index in [0.29, 0.717) is 0 Å². The van der Waals surface area contributed by atoms with Crippen LogP contribution in [0.15, 0.2) is 35.3 Å². The van der Waals surface area contributed by atoms with E-state index in [1.165, 1.54) is 17.5 Å². The molecule has 10 heavy (non-hydrogen) atoms. The molecule has 0 heterocycles. The zero-order valence-electron chi connectivity index (χ0n) is 6.42. The summed E-state index contributed by atoms with van der Waals surface area (Å²) in [5, 5.41) is 5.34. The fourth-order valence-electron chi connectivity index (χ4n) is 0.423. The van der Waals surface area contributed by atoms with Crippen molar-refractivity contribution in [1.29, 1.82) is 0 Å². The van der Waals surface area contributed by atoms with Crippen LogP contribution in [0.4, 0.5) is 0 Å². The van der Waals surface area contributed by atoms with Gasteiger partial charge in [-0.15, -0.1) is 0 Å². The average Bonchev–Trinajstić information content (AvgIpc) is 1.98. The van der Waals surface area contributed by atoms with Crippen molar-refractivity contribution in [2.45, 2.75) is 13.8 Å². The van der Waals surface area contributed by atoms with Crippen molar-refractivity contribution in [3.63, 3.8) is 0 Å². The quantitative estimate of drug-likeness (QED) is 0.501. The lowest BCUT2D eigenvalue weighted by Crippen LogP contribution is -1.81. The van der Waals surface area contributed by atoms with Crippen LogP contribution in [-0.4, -0.2) is 0 Å². The monoisotopic (exact) mass is 155 g/mol. The van der Waals surface area contributed by atoms with Gasteiger partial charge < -0.3 is 0 Å². The second kappa shape index (κ2) is 5.33. The fourth-order valence-corrected chi connectivity index (χ4v) is 0.677. The first-order chi connectivity index (χ1) is 4.72. The molecule has 0 aliphatic heterocycles. The van der Waals surface area contributed by atoms with E-state index in [0.717, 1.165) is 4.91 Å². The smallest absolute Gasteiger partial charge is 0.0000805 e. The van der Waals surface area contributed by atoms with E-state index in [9.17, 15) is 0 Å². The zero-order valence-corrected chi connectivity index (χ0v) is 7.24. The summed E-state index contributed by atoms with van der Waals surface area (Å²) in [5.74, 6) is 0. The highest BCUT2D eigenvalue weighted by Gasteiger charge is 1.88. The second-order valence-electron chi connectivity index (χ2n) is 1.95. The second-order valence-corrected chi connectivity index (χ2v) is 2.80. The standard InChI is InChI=1S/C8H13NS/c1-4-5-6-7(2)8(3)10-9/h4-6H,1,9H2,2-3H3/b6-5-,8-7+. The summed E-state index contributed by atoms with van der Waals surface area (Å²) >= 11 is 1.28. The van der Waals surface area contributed by atoms with E-state index in [1.807, 2.05) is 26.0 Å². The number of nitrogens with two attached hydrogens (primary N) is 1. The van der Waals surface area contributed by atoms with Crippen LogP contribution in [0.25, 0.3) is 0 Å². The van der Waals surface area contributed by atoms with Gasteiger partial charge >= 0.3 is 0 Å². The number of allylic oxidation sites excluding steroid dienone is 5. The molecule has 0 rings (SSSR count). The minimum atomic E-state index is 1.14. The van der Waals surface area contributed by atoms with Crippen molar-refractivity contribution < 1.29 is 0 Å². The van der Waals surface area contributed by atoms with Crippen LogP contribution in [0.2, 0.25) is 0 Å². The van der Waals surface area contributed by atoms with Gasteiger partial charge in [0.2, 0.25) is 0 Å². The Morgan fingerprint density at radius 1 is 1.50 bits per heavy atom. The molecule has 0 radical (unpaired) electrons. The van der Waals surface area contributed by atoms with Crippen LogP contribution in [0, 0.1) is 0 Å².